The first kappa shape index (κ1) is 15.5. The zero-order valence-corrected chi connectivity index (χ0v) is 11.7. The van der Waals surface area contributed by atoms with Crippen LogP contribution in [0.1, 0.15) is 24.8 Å². The molecular weight excluding hydrogens is 266 g/mol. The number of sulfonamides is 1. The van der Waals surface area contributed by atoms with Crippen LogP contribution in [0, 0.1) is 6.92 Å². The van der Waals surface area contributed by atoms with Crippen molar-refractivity contribution < 1.29 is 13.2 Å². The Hall–Kier alpha value is -1.60. The first-order valence-electron chi connectivity index (χ1n) is 5.97. The van der Waals surface area contributed by atoms with E-state index in [9.17, 15) is 13.2 Å². The summed E-state index contributed by atoms with van der Waals surface area (Å²) >= 11 is 0. The van der Waals surface area contributed by atoms with E-state index in [2.05, 4.69) is 4.72 Å². The van der Waals surface area contributed by atoms with Gasteiger partial charge in [-0.05, 0) is 37.5 Å². The van der Waals surface area contributed by atoms with Crippen LogP contribution in [-0.2, 0) is 14.8 Å². The van der Waals surface area contributed by atoms with E-state index in [1.165, 1.54) is 6.07 Å². The molecule has 1 rings (SSSR count). The molecule has 5 N–H and O–H groups in total. The summed E-state index contributed by atoms with van der Waals surface area (Å²) in [5, 5.41) is 0. The summed E-state index contributed by atoms with van der Waals surface area (Å²) in [4.78, 5) is 10.7. The second kappa shape index (κ2) is 6.53. The fourth-order valence-corrected chi connectivity index (χ4v) is 2.97. The van der Waals surface area contributed by atoms with E-state index >= 15 is 0 Å². The lowest BCUT2D eigenvalue weighted by Crippen LogP contribution is -2.25. The Morgan fingerprint density at radius 2 is 2.00 bits per heavy atom. The van der Waals surface area contributed by atoms with Crippen molar-refractivity contribution in [2.75, 3.05) is 12.3 Å². The average molecular weight is 285 g/mol. The predicted octanol–water partition coefficient (Wildman–Crippen LogP) is 0.511. The number of primary amides is 1. The Bertz CT molecular complexity index is 555. The van der Waals surface area contributed by atoms with Gasteiger partial charge >= 0.3 is 0 Å². The van der Waals surface area contributed by atoms with Gasteiger partial charge < -0.3 is 11.5 Å². The predicted molar refractivity (Wildman–Crippen MR) is 73.8 cm³/mol. The van der Waals surface area contributed by atoms with Crippen LogP contribution < -0.4 is 16.2 Å². The molecule has 7 heteroatoms. The third kappa shape index (κ3) is 4.88. The number of anilines is 1. The summed E-state index contributed by atoms with van der Waals surface area (Å²) in [5.41, 5.74) is 11.6. The number of rotatable bonds is 7. The third-order valence-corrected chi connectivity index (χ3v) is 4.25. The van der Waals surface area contributed by atoms with E-state index in [0.717, 1.165) is 0 Å². The second-order valence-electron chi connectivity index (χ2n) is 4.35. The van der Waals surface area contributed by atoms with Crippen molar-refractivity contribution in [2.24, 2.45) is 5.73 Å². The average Bonchev–Trinajstić information content (AvgIpc) is 2.31. The van der Waals surface area contributed by atoms with Gasteiger partial charge in [-0.3, -0.25) is 4.79 Å². The van der Waals surface area contributed by atoms with Crippen molar-refractivity contribution in [1.82, 2.24) is 4.72 Å². The Kier molecular flexibility index (Phi) is 5.31. The first-order chi connectivity index (χ1) is 8.83. The van der Waals surface area contributed by atoms with Crippen LogP contribution in [0.2, 0.25) is 0 Å². The summed E-state index contributed by atoms with van der Waals surface area (Å²) < 4.78 is 26.6. The zero-order chi connectivity index (χ0) is 14.5. The molecule has 0 unspecified atom stereocenters. The number of hydrogen-bond acceptors (Lipinski definition) is 4. The number of carbonyl (C=O) groups is 1. The highest BCUT2D eigenvalue weighted by Gasteiger charge is 2.16. The van der Waals surface area contributed by atoms with Crippen molar-refractivity contribution in [1.29, 1.82) is 0 Å². The Labute approximate surface area is 113 Å². The van der Waals surface area contributed by atoms with Gasteiger partial charge in [0.2, 0.25) is 15.9 Å². The van der Waals surface area contributed by atoms with E-state index in [1.54, 1.807) is 19.1 Å². The van der Waals surface area contributed by atoms with E-state index in [1.807, 2.05) is 0 Å². The van der Waals surface area contributed by atoms with Gasteiger partial charge in [-0.15, -0.1) is 0 Å². The monoisotopic (exact) mass is 285 g/mol. The number of nitrogen functional groups attached to an aromatic ring is 1. The molecule has 0 aliphatic carbocycles. The lowest BCUT2D eigenvalue weighted by molar-refractivity contribution is -0.118. The molecule has 1 aromatic carbocycles. The number of nitrogens with one attached hydrogen (secondary N) is 1. The molecule has 106 valence electrons. The van der Waals surface area contributed by atoms with Crippen molar-refractivity contribution in [3.8, 4) is 0 Å². The molecule has 0 bridgehead atoms. The van der Waals surface area contributed by atoms with Gasteiger partial charge in [0.05, 0.1) is 4.90 Å². The molecule has 0 aromatic heterocycles. The Morgan fingerprint density at radius 3 is 2.63 bits per heavy atom. The van der Waals surface area contributed by atoms with Gasteiger partial charge in [0.1, 0.15) is 0 Å². The molecule has 1 aromatic rings. The summed E-state index contributed by atoms with van der Waals surface area (Å²) in [6.07, 6.45) is 1.39. The van der Waals surface area contributed by atoms with E-state index in [0.29, 0.717) is 24.1 Å². The van der Waals surface area contributed by atoms with Crippen LogP contribution in [0.25, 0.3) is 0 Å². The third-order valence-electron chi connectivity index (χ3n) is 2.64. The highest BCUT2D eigenvalue weighted by atomic mass is 32.2. The first-order valence-corrected chi connectivity index (χ1v) is 7.45. The highest BCUT2D eigenvalue weighted by Crippen LogP contribution is 2.18. The Morgan fingerprint density at radius 1 is 1.32 bits per heavy atom. The quantitative estimate of drug-likeness (QED) is 0.500. The van der Waals surface area contributed by atoms with Gasteiger partial charge in [-0.1, -0.05) is 6.07 Å². The Balaban J connectivity index is 2.61. The molecule has 0 spiro atoms. The minimum absolute atomic E-state index is 0.183. The second-order valence-corrected chi connectivity index (χ2v) is 6.08. The lowest BCUT2D eigenvalue weighted by Gasteiger charge is -2.09. The summed E-state index contributed by atoms with van der Waals surface area (Å²) in [7, 11) is -3.56. The van der Waals surface area contributed by atoms with Gasteiger partial charge in [0, 0.05) is 18.7 Å². The molecule has 0 fully saturated rings. The normalized spacial score (nSPS) is 11.4. The maximum atomic E-state index is 12.0. The number of aryl methyl sites for hydroxylation is 1. The topological polar surface area (TPSA) is 115 Å². The molecule has 19 heavy (non-hydrogen) atoms. The van der Waals surface area contributed by atoms with Crippen molar-refractivity contribution in [3.05, 3.63) is 23.8 Å². The van der Waals surface area contributed by atoms with Crippen molar-refractivity contribution in [3.63, 3.8) is 0 Å². The van der Waals surface area contributed by atoms with Crippen LogP contribution in [-0.4, -0.2) is 20.9 Å². The SMILES string of the molecule is Cc1ccc(N)cc1S(=O)(=O)NCCCCC(N)=O. The lowest BCUT2D eigenvalue weighted by atomic mass is 10.2. The van der Waals surface area contributed by atoms with Crippen molar-refractivity contribution >= 4 is 21.6 Å². The summed E-state index contributed by atoms with van der Waals surface area (Å²) in [6, 6.07) is 4.75. The van der Waals surface area contributed by atoms with Crippen LogP contribution in [0.4, 0.5) is 5.69 Å². The molecule has 0 heterocycles. The summed E-state index contributed by atoms with van der Waals surface area (Å²) in [5.74, 6) is -0.380. The largest absolute Gasteiger partial charge is 0.399 e. The van der Waals surface area contributed by atoms with E-state index < -0.39 is 10.0 Å². The maximum absolute atomic E-state index is 12.0. The minimum Gasteiger partial charge on any atom is -0.399 e. The maximum Gasteiger partial charge on any atom is 0.240 e. The number of amides is 1. The summed E-state index contributed by atoms with van der Waals surface area (Å²) in [6.45, 7) is 1.98. The molecule has 0 saturated carbocycles. The number of nitrogens with two attached hydrogens (primary N) is 2. The van der Waals surface area contributed by atoms with Gasteiger partial charge in [-0.25, -0.2) is 13.1 Å². The molecule has 0 aliphatic heterocycles. The van der Waals surface area contributed by atoms with Crippen LogP contribution >= 0.6 is 0 Å². The van der Waals surface area contributed by atoms with E-state index in [-0.39, 0.29) is 23.8 Å². The van der Waals surface area contributed by atoms with Crippen LogP contribution in [0.3, 0.4) is 0 Å². The van der Waals surface area contributed by atoms with Gasteiger partial charge in [-0.2, -0.15) is 0 Å². The number of hydrogen-bond donors (Lipinski definition) is 3. The molecule has 0 saturated heterocycles. The van der Waals surface area contributed by atoms with Gasteiger partial charge in [0.25, 0.3) is 0 Å². The smallest absolute Gasteiger partial charge is 0.240 e. The fourth-order valence-electron chi connectivity index (χ4n) is 1.61. The van der Waals surface area contributed by atoms with Crippen molar-refractivity contribution in [2.45, 2.75) is 31.1 Å². The van der Waals surface area contributed by atoms with E-state index in [4.69, 9.17) is 11.5 Å². The fraction of sp³-hybridized carbons (Fsp3) is 0.417. The number of unbranched alkanes of at least 4 members (excludes halogenated alkanes) is 1. The zero-order valence-electron chi connectivity index (χ0n) is 10.8. The minimum atomic E-state index is -3.56. The molecule has 0 aliphatic rings. The molecule has 0 atom stereocenters. The van der Waals surface area contributed by atoms with Crippen LogP contribution in [0.15, 0.2) is 23.1 Å². The highest BCUT2D eigenvalue weighted by molar-refractivity contribution is 7.89. The van der Waals surface area contributed by atoms with Gasteiger partial charge in [0.15, 0.2) is 0 Å². The molecular formula is C12H19N3O3S. The number of benzene rings is 1. The number of carbonyl (C=O) groups excluding carboxylic acids is 1. The standard InChI is InChI=1S/C12H19N3O3S/c1-9-5-6-10(13)8-11(9)19(17,18)15-7-3-2-4-12(14)16/h5-6,8,15H,2-4,7,13H2,1H3,(H2,14,16). The van der Waals surface area contributed by atoms with Crippen LogP contribution in [0.5, 0.6) is 0 Å². The molecule has 6 nitrogen and oxygen atoms in total. The molecule has 0 radical (unpaired) electrons. The molecule has 1 amide bonds.